The van der Waals surface area contributed by atoms with Crippen LogP contribution in [0.15, 0.2) is 12.1 Å². The van der Waals surface area contributed by atoms with E-state index in [1.165, 1.54) is 0 Å². The Morgan fingerprint density at radius 2 is 1.88 bits per heavy atom. The van der Waals surface area contributed by atoms with Gasteiger partial charge in [-0.2, -0.15) is 0 Å². The molecule has 0 radical (unpaired) electrons. The molecule has 0 amide bonds. The van der Waals surface area contributed by atoms with Crippen LogP contribution < -0.4 is 5.32 Å². The van der Waals surface area contributed by atoms with E-state index in [2.05, 4.69) is 24.1 Å². The summed E-state index contributed by atoms with van der Waals surface area (Å²) in [6.07, 6.45) is 0. The van der Waals surface area contributed by atoms with Crippen molar-refractivity contribution < 1.29 is 8.78 Å². The van der Waals surface area contributed by atoms with E-state index >= 15 is 0 Å². The first-order chi connectivity index (χ1) is 8.08. The van der Waals surface area contributed by atoms with Crippen LogP contribution in [0.1, 0.15) is 13.8 Å². The third-order valence-electron chi connectivity index (χ3n) is 2.63. The normalized spacial score (nSPS) is 10.9. The van der Waals surface area contributed by atoms with E-state index in [-0.39, 0.29) is 10.7 Å². The number of anilines is 1. The number of likely N-dealkylation sites (N-methyl/N-ethyl adjacent to an activating group) is 1. The van der Waals surface area contributed by atoms with E-state index in [4.69, 9.17) is 11.6 Å². The fourth-order valence-corrected chi connectivity index (χ4v) is 1.85. The van der Waals surface area contributed by atoms with Crippen molar-refractivity contribution in [3.63, 3.8) is 0 Å². The number of nitrogens with zero attached hydrogens (tertiary/aromatic N) is 1. The van der Waals surface area contributed by atoms with Crippen LogP contribution in [0.4, 0.5) is 14.5 Å². The smallest absolute Gasteiger partial charge is 0.150 e. The zero-order valence-corrected chi connectivity index (χ0v) is 10.8. The zero-order valence-electron chi connectivity index (χ0n) is 10.1. The molecule has 0 saturated heterocycles. The molecule has 0 fully saturated rings. The summed E-state index contributed by atoms with van der Waals surface area (Å²) in [5, 5.41) is 2.96. The lowest BCUT2D eigenvalue weighted by Crippen LogP contribution is -2.28. The Bertz CT molecular complexity index is 345. The number of nitrogens with one attached hydrogen (secondary N) is 1. The number of hydrogen-bond donors (Lipinski definition) is 1. The molecule has 2 nitrogen and oxygen atoms in total. The molecule has 0 atom stereocenters. The van der Waals surface area contributed by atoms with Crippen molar-refractivity contribution in [3.05, 3.63) is 28.8 Å². The second-order valence-electron chi connectivity index (χ2n) is 3.70. The first kappa shape index (κ1) is 14.2. The fourth-order valence-electron chi connectivity index (χ4n) is 1.59. The Balaban J connectivity index is 2.58. The zero-order chi connectivity index (χ0) is 12.8. The van der Waals surface area contributed by atoms with Gasteiger partial charge in [-0.05, 0) is 19.2 Å². The van der Waals surface area contributed by atoms with Crippen LogP contribution in [0, 0.1) is 11.6 Å². The molecule has 0 aliphatic rings. The van der Waals surface area contributed by atoms with E-state index in [1.807, 2.05) is 0 Å². The van der Waals surface area contributed by atoms with Crippen molar-refractivity contribution in [2.45, 2.75) is 13.8 Å². The molecule has 96 valence electrons. The highest BCUT2D eigenvalue weighted by Gasteiger charge is 2.09. The van der Waals surface area contributed by atoms with Gasteiger partial charge in [-0.25, -0.2) is 8.78 Å². The molecule has 0 bridgehead atoms. The minimum absolute atomic E-state index is 0.0713. The second-order valence-corrected chi connectivity index (χ2v) is 4.11. The van der Waals surface area contributed by atoms with Crippen LogP contribution in [0.25, 0.3) is 0 Å². The number of halogens is 3. The standard InChI is InChI=1S/C12H17ClF2N2/c1-3-17(4-2)6-5-16-12-10(13)7-9(14)8-11(12)15/h7-8,16H,3-6H2,1-2H3. The van der Waals surface area contributed by atoms with Gasteiger partial charge in [-0.3, -0.25) is 0 Å². The minimum atomic E-state index is -0.665. The molecule has 0 aliphatic heterocycles. The molecule has 0 unspecified atom stereocenters. The van der Waals surface area contributed by atoms with Crippen molar-refractivity contribution >= 4 is 17.3 Å². The molecular formula is C12H17ClF2N2. The Labute approximate surface area is 106 Å². The number of rotatable bonds is 6. The largest absolute Gasteiger partial charge is 0.380 e. The van der Waals surface area contributed by atoms with Gasteiger partial charge < -0.3 is 10.2 Å². The van der Waals surface area contributed by atoms with Crippen LogP contribution in [0.3, 0.4) is 0 Å². The lowest BCUT2D eigenvalue weighted by atomic mass is 10.3. The maximum Gasteiger partial charge on any atom is 0.150 e. The predicted molar refractivity (Wildman–Crippen MR) is 67.6 cm³/mol. The summed E-state index contributed by atoms with van der Waals surface area (Å²) in [6, 6.07) is 1.93. The second kappa shape index (κ2) is 6.77. The molecule has 0 saturated carbocycles. The van der Waals surface area contributed by atoms with E-state index in [0.29, 0.717) is 6.54 Å². The summed E-state index contributed by atoms with van der Waals surface area (Å²) >= 11 is 5.76. The number of hydrogen-bond acceptors (Lipinski definition) is 2. The van der Waals surface area contributed by atoms with Gasteiger partial charge in [0.15, 0.2) is 5.82 Å². The van der Waals surface area contributed by atoms with Gasteiger partial charge in [0, 0.05) is 19.2 Å². The van der Waals surface area contributed by atoms with Gasteiger partial charge in [0.2, 0.25) is 0 Å². The third-order valence-corrected chi connectivity index (χ3v) is 2.93. The van der Waals surface area contributed by atoms with E-state index in [9.17, 15) is 8.78 Å². The third kappa shape index (κ3) is 4.13. The van der Waals surface area contributed by atoms with E-state index in [1.54, 1.807) is 0 Å². The molecule has 1 N–H and O–H groups in total. The predicted octanol–water partition coefficient (Wildman–Crippen LogP) is 3.37. The minimum Gasteiger partial charge on any atom is -0.380 e. The first-order valence-corrected chi connectivity index (χ1v) is 6.07. The number of benzene rings is 1. The molecule has 1 aromatic carbocycles. The summed E-state index contributed by atoms with van der Waals surface area (Å²) in [5.74, 6) is -1.32. The maximum absolute atomic E-state index is 13.4. The molecule has 1 rings (SSSR count). The monoisotopic (exact) mass is 262 g/mol. The highest BCUT2D eigenvalue weighted by atomic mass is 35.5. The Morgan fingerprint density at radius 1 is 1.24 bits per heavy atom. The summed E-state index contributed by atoms with van der Waals surface area (Å²) < 4.78 is 26.2. The van der Waals surface area contributed by atoms with Gasteiger partial charge in [-0.1, -0.05) is 25.4 Å². The van der Waals surface area contributed by atoms with Crippen molar-refractivity contribution in [1.29, 1.82) is 0 Å². The molecule has 1 aromatic rings. The van der Waals surface area contributed by atoms with Crippen molar-refractivity contribution in [3.8, 4) is 0 Å². The van der Waals surface area contributed by atoms with Gasteiger partial charge >= 0.3 is 0 Å². The van der Waals surface area contributed by atoms with Gasteiger partial charge in [0.05, 0.1) is 10.7 Å². The molecular weight excluding hydrogens is 246 g/mol. The Hall–Kier alpha value is -0.870. The van der Waals surface area contributed by atoms with Gasteiger partial charge in [0.1, 0.15) is 5.82 Å². The van der Waals surface area contributed by atoms with Crippen LogP contribution >= 0.6 is 11.6 Å². The summed E-state index contributed by atoms with van der Waals surface area (Å²) in [6.45, 7) is 7.38. The molecule has 5 heteroatoms. The highest BCUT2D eigenvalue weighted by Crippen LogP contribution is 2.25. The lowest BCUT2D eigenvalue weighted by molar-refractivity contribution is 0.316. The van der Waals surface area contributed by atoms with Crippen molar-refractivity contribution in [2.24, 2.45) is 0 Å². The average Bonchev–Trinajstić information content (AvgIpc) is 2.27. The van der Waals surface area contributed by atoms with Crippen molar-refractivity contribution in [2.75, 3.05) is 31.5 Å². The Kier molecular flexibility index (Phi) is 5.65. The summed E-state index contributed by atoms with van der Waals surface area (Å²) in [7, 11) is 0. The van der Waals surface area contributed by atoms with Gasteiger partial charge in [0.25, 0.3) is 0 Å². The average molecular weight is 263 g/mol. The summed E-state index contributed by atoms with van der Waals surface area (Å²) in [4.78, 5) is 2.20. The lowest BCUT2D eigenvalue weighted by Gasteiger charge is -2.19. The van der Waals surface area contributed by atoms with Crippen molar-refractivity contribution in [1.82, 2.24) is 4.90 Å². The molecule has 0 aliphatic carbocycles. The highest BCUT2D eigenvalue weighted by molar-refractivity contribution is 6.33. The van der Waals surface area contributed by atoms with E-state index < -0.39 is 11.6 Å². The summed E-state index contributed by atoms with van der Waals surface area (Å²) in [5.41, 5.74) is 0.167. The molecule has 0 heterocycles. The first-order valence-electron chi connectivity index (χ1n) is 5.69. The van der Waals surface area contributed by atoms with Crippen LogP contribution in [0.5, 0.6) is 0 Å². The maximum atomic E-state index is 13.4. The Morgan fingerprint density at radius 3 is 2.41 bits per heavy atom. The molecule has 17 heavy (non-hydrogen) atoms. The molecule has 0 aromatic heterocycles. The topological polar surface area (TPSA) is 15.3 Å². The molecule has 0 spiro atoms. The van der Waals surface area contributed by atoms with Crippen LogP contribution in [0.2, 0.25) is 5.02 Å². The van der Waals surface area contributed by atoms with Crippen LogP contribution in [-0.4, -0.2) is 31.1 Å². The van der Waals surface area contributed by atoms with E-state index in [0.717, 1.165) is 31.8 Å². The van der Waals surface area contributed by atoms with Gasteiger partial charge in [-0.15, -0.1) is 0 Å². The quantitative estimate of drug-likeness (QED) is 0.846. The van der Waals surface area contributed by atoms with Crippen LogP contribution in [-0.2, 0) is 0 Å². The fraction of sp³-hybridized carbons (Fsp3) is 0.500. The SMILES string of the molecule is CCN(CC)CCNc1c(F)cc(F)cc1Cl.